The van der Waals surface area contributed by atoms with Gasteiger partial charge in [-0.05, 0) is 48.9 Å². The third-order valence-corrected chi connectivity index (χ3v) is 6.24. The van der Waals surface area contributed by atoms with Crippen molar-refractivity contribution in [3.8, 4) is 10.6 Å². The number of sulfonamides is 1. The van der Waals surface area contributed by atoms with E-state index in [0.29, 0.717) is 5.69 Å². The van der Waals surface area contributed by atoms with Crippen molar-refractivity contribution in [1.29, 1.82) is 0 Å². The summed E-state index contributed by atoms with van der Waals surface area (Å²) in [5.41, 5.74) is 3.07. The summed E-state index contributed by atoms with van der Waals surface area (Å²) in [4.78, 5) is 9.97. The molecule has 130 valence electrons. The molecule has 0 aliphatic carbocycles. The van der Waals surface area contributed by atoms with Crippen molar-refractivity contribution >= 4 is 37.4 Å². The number of pyridine rings is 1. The molecule has 0 fully saturated rings. The van der Waals surface area contributed by atoms with Gasteiger partial charge in [0, 0.05) is 17.4 Å². The van der Waals surface area contributed by atoms with Gasteiger partial charge in [-0.15, -0.1) is 0 Å². The van der Waals surface area contributed by atoms with Gasteiger partial charge in [0.25, 0.3) is 10.0 Å². The monoisotopic (exact) mass is 381 g/mol. The molecule has 0 unspecified atom stereocenters. The Bertz CT molecular complexity index is 1170. The minimum Gasteiger partial charge on any atom is -0.280 e. The van der Waals surface area contributed by atoms with Crippen molar-refractivity contribution in [3.63, 3.8) is 0 Å². The summed E-state index contributed by atoms with van der Waals surface area (Å²) in [6.45, 7) is 1.86. The Kier molecular flexibility index (Phi) is 4.18. The lowest BCUT2D eigenvalue weighted by Crippen LogP contribution is -2.13. The molecule has 7 heteroatoms. The molecule has 2 aromatic carbocycles. The van der Waals surface area contributed by atoms with Gasteiger partial charge in [-0.3, -0.25) is 4.72 Å². The highest BCUT2D eigenvalue weighted by molar-refractivity contribution is 7.92. The molecule has 5 nitrogen and oxygen atoms in total. The number of nitrogens with one attached hydrogen (secondary N) is 1. The molecule has 0 amide bonds. The number of anilines is 1. The summed E-state index contributed by atoms with van der Waals surface area (Å²) < 4.78 is 27.9. The molecular formula is C19H15N3O2S2. The number of hydrogen-bond acceptors (Lipinski definition) is 5. The maximum Gasteiger partial charge on any atom is 0.261 e. The molecule has 0 saturated heterocycles. The predicted octanol–water partition coefficient (Wildman–Crippen LogP) is 4.47. The lowest BCUT2D eigenvalue weighted by Gasteiger charge is -2.09. The summed E-state index contributed by atoms with van der Waals surface area (Å²) in [6, 6.07) is 17.8. The van der Waals surface area contributed by atoms with Gasteiger partial charge in [0.05, 0.1) is 4.90 Å². The Balaban J connectivity index is 1.67. The first-order valence-electron chi connectivity index (χ1n) is 7.93. The number of nitrogens with zero attached hydrogens (tertiary/aromatic N) is 2. The van der Waals surface area contributed by atoms with Crippen molar-refractivity contribution in [2.24, 2.45) is 0 Å². The van der Waals surface area contributed by atoms with Gasteiger partial charge < -0.3 is 0 Å². The largest absolute Gasteiger partial charge is 0.280 e. The van der Waals surface area contributed by atoms with Crippen molar-refractivity contribution in [2.75, 3.05) is 4.72 Å². The lowest BCUT2D eigenvalue weighted by atomic mass is 10.2. The minimum atomic E-state index is -3.64. The standard InChI is InChI=1S/C19H15N3O2S2/c1-13-5-2-8-16(11-13)26(23,24)22-15-7-3-6-14(12-15)18-21-17-9-4-10-20-19(17)25-18/h2-12,22H,1H3. The number of aryl methyl sites for hydroxylation is 1. The summed E-state index contributed by atoms with van der Waals surface area (Å²) in [5.74, 6) is 0. The Morgan fingerprint density at radius 3 is 2.65 bits per heavy atom. The average molecular weight is 381 g/mol. The summed E-state index contributed by atoms with van der Waals surface area (Å²) in [5, 5.41) is 0.801. The van der Waals surface area contributed by atoms with E-state index in [1.807, 2.05) is 37.3 Å². The van der Waals surface area contributed by atoms with E-state index in [9.17, 15) is 8.42 Å². The number of thiazole rings is 1. The van der Waals surface area contributed by atoms with Crippen LogP contribution in [0.1, 0.15) is 5.56 Å². The molecule has 4 rings (SSSR count). The quantitative estimate of drug-likeness (QED) is 0.566. The molecule has 1 N–H and O–H groups in total. The second kappa shape index (κ2) is 6.51. The Morgan fingerprint density at radius 2 is 1.85 bits per heavy atom. The van der Waals surface area contributed by atoms with Crippen LogP contribution < -0.4 is 4.72 Å². The number of rotatable bonds is 4. The van der Waals surface area contributed by atoms with E-state index < -0.39 is 10.0 Å². The van der Waals surface area contributed by atoms with Crippen LogP contribution in [0, 0.1) is 6.92 Å². The van der Waals surface area contributed by atoms with E-state index in [4.69, 9.17) is 0 Å². The fourth-order valence-corrected chi connectivity index (χ4v) is 4.66. The van der Waals surface area contributed by atoms with Gasteiger partial charge in [0.15, 0.2) is 0 Å². The first-order chi connectivity index (χ1) is 12.5. The van der Waals surface area contributed by atoms with Crippen LogP contribution in [0.15, 0.2) is 71.8 Å². The molecule has 2 aromatic heterocycles. The fraction of sp³-hybridized carbons (Fsp3) is 0.0526. The molecule has 0 bridgehead atoms. The Hall–Kier alpha value is -2.77. The molecular weight excluding hydrogens is 366 g/mol. The van der Waals surface area contributed by atoms with E-state index in [1.165, 1.54) is 11.3 Å². The average Bonchev–Trinajstić information content (AvgIpc) is 3.06. The molecule has 0 atom stereocenters. The zero-order chi connectivity index (χ0) is 18.1. The van der Waals surface area contributed by atoms with Crippen LogP contribution in [0.4, 0.5) is 5.69 Å². The van der Waals surface area contributed by atoms with Crippen molar-refractivity contribution in [2.45, 2.75) is 11.8 Å². The normalized spacial score (nSPS) is 11.6. The first kappa shape index (κ1) is 16.7. The second-order valence-corrected chi connectivity index (χ2v) is 8.51. The van der Waals surface area contributed by atoms with E-state index in [1.54, 1.807) is 36.5 Å². The van der Waals surface area contributed by atoms with Crippen LogP contribution in [0.25, 0.3) is 20.9 Å². The molecule has 0 spiro atoms. The maximum absolute atomic E-state index is 12.6. The summed E-state index contributed by atoms with van der Waals surface area (Å²) in [7, 11) is -3.64. The number of benzene rings is 2. The molecule has 0 aliphatic rings. The van der Waals surface area contributed by atoms with Crippen LogP contribution in [-0.4, -0.2) is 18.4 Å². The molecule has 2 heterocycles. The van der Waals surface area contributed by atoms with Crippen molar-refractivity contribution in [1.82, 2.24) is 9.97 Å². The second-order valence-electron chi connectivity index (χ2n) is 5.85. The predicted molar refractivity (Wildman–Crippen MR) is 105 cm³/mol. The van der Waals surface area contributed by atoms with Gasteiger partial charge in [0.2, 0.25) is 0 Å². The highest BCUT2D eigenvalue weighted by atomic mass is 32.2. The zero-order valence-electron chi connectivity index (χ0n) is 13.9. The molecule has 26 heavy (non-hydrogen) atoms. The highest BCUT2D eigenvalue weighted by Gasteiger charge is 2.15. The molecule has 0 saturated carbocycles. The van der Waals surface area contributed by atoms with Crippen LogP contribution in [0.3, 0.4) is 0 Å². The first-order valence-corrected chi connectivity index (χ1v) is 10.2. The maximum atomic E-state index is 12.6. The van der Waals surface area contributed by atoms with Crippen molar-refractivity contribution in [3.05, 3.63) is 72.4 Å². The van der Waals surface area contributed by atoms with E-state index in [-0.39, 0.29) is 4.90 Å². The van der Waals surface area contributed by atoms with Gasteiger partial charge in [-0.2, -0.15) is 0 Å². The van der Waals surface area contributed by atoms with Crippen LogP contribution >= 0.6 is 11.3 Å². The van der Waals surface area contributed by atoms with Crippen LogP contribution in [-0.2, 0) is 10.0 Å². The summed E-state index contributed by atoms with van der Waals surface area (Å²) in [6.07, 6.45) is 1.73. The minimum absolute atomic E-state index is 0.243. The lowest BCUT2D eigenvalue weighted by molar-refractivity contribution is 0.601. The topological polar surface area (TPSA) is 72.0 Å². The number of hydrogen-bond donors (Lipinski definition) is 1. The number of aromatic nitrogens is 2. The summed E-state index contributed by atoms with van der Waals surface area (Å²) >= 11 is 1.48. The third kappa shape index (κ3) is 3.31. The SMILES string of the molecule is Cc1cccc(S(=O)(=O)Nc2cccc(-c3nc4cccnc4s3)c2)c1. The molecule has 0 radical (unpaired) electrons. The fourth-order valence-electron chi connectivity index (χ4n) is 2.61. The Labute approximate surface area is 155 Å². The number of fused-ring (bicyclic) bond motifs is 1. The van der Waals surface area contributed by atoms with Gasteiger partial charge >= 0.3 is 0 Å². The molecule has 0 aliphatic heterocycles. The van der Waals surface area contributed by atoms with Gasteiger partial charge in [-0.1, -0.05) is 35.6 Å². The van der Waals surface area contributed by atoms with Gasteiger partial charge in [-0.25, -0.2) is 18.4 Å². The van der Waals surface area contributed by atoms with E-state index >= 15 is 0 Å². The third-order valence-electron chi connectivity index (χ3n) is 3.83. The zero-order valence-corrected chi connectivity index (χ0v) is 15.5. The molecule has 4 aromatic rings. The van der Waals surface area contributed by atoms with E-state index in [0.717, 1.165) is 26.5 Å². The Morgan fingerprint density at radius 1 is 1.00 bits per heavy atom. The highest BCUT2D eigenvalue weighted by Crippen LogP contribution is 2.30. The van der Waals surface area contributed by atoms with Crippen molar-refractivity contribution < 1.29 is 8.42 Å². The smallest absolute Gasteiger partial charge is 0.261 e. The van der Waals surface area contributed by atoms with E-state index in [2.05, 4.69) is 14.7 Å². The van der Waals surface area contributed by atoms with Gasteiger partial charge in [0.1, 0.15) is 15.4 Å². The van der Waals surface area contributed by atoms with Crippen LogP contribution in [0.2, 0.25) is 0 Å². The van der Waals surface area contributed by atoms with Crippen LogP contribution in [0.5, 0.6) is 0 Å².